The Morgan fingerprint density at radius 1 is 0.895 bits per heavy atom. The first-order chi connectivity index (χ1) is 9.22. The topological polar surface area (TPSA) is 70.2 Å². The zero-order chi connectivity index (χ0) is 13.9. The maximum atomic E-state index is 11.6. The lowest BCUT2D eigenvalue weighted by atomic mass is 9.97. The Bertz CT molecular complexity index is 274. The van der Waals surface area contributed by atoms with E-state index in [1.54, 1.807) is 0 Å². The molecule has 1 rings (SSSR count). The van der Waals surface area contributed by atoms with Gasteiger partial charge in [-0.1, -0.05) is 32.1 Å². The molecule has 5 nitrogen and oxygen atoms in total. The molecule has 1 saturated carbocycles. The molecular weight excluding hydrogens is 242 g/mol. The Balaban J connectivity index is 2.12. The van der Waals surface area contributed by atoms with E-state index in [4.69, 9.17) is 0 Å². The van der Waals surface area contributed by atoms with E-state index in [0.29, 0.717) is 19.1 Å². The van der Waals surface area contributed by atoms with E-state index in [2.05, 4.69) is 16.0 Å². The summed E-state index contributed by atoms with van der Waals surface area (Å²) in [6.45, 7) is 2.83. The van der Waals surface area contributed by atoms with Gasteiger partial charge in [0, 0.05) is 12.6 Å². The van der Waals surface area contributed by atoms with E-state index < -0.39 is 0 Å². The molecule has 2 amide bonds. The van der Waals surface area contributed by atoms with Crippen molar-refractivity contribution in [3.05, 3.63) is 0 Å². The molecule has 19 heavy (non-hydrogen) atoms. The van der Waals surface area contributed by atoms with Crippen LogP contribution < -0.4 is 16.0 Å². The Hall–Kier alpha value is -1.10. The van der Waals surface area contributed by atoms with Crippen LogP contribution in [0.25, 0.3) is 0 Å². The quantitative estimate of drug-likeness (QED) is 0.672. The summed E-state index contributed by atoms with van der Waals surface area (Å²) in [7, 11) is 0. The summed E-state index contributed by atoms with van der Waals surface area (Å²) in [5.41, 5.74) is 0. The van der Waals surface area contributed by atoms with Gasteiger partial charge in [-0.05, 0) is 19.8 Å². The minimum Gasteiger partial charge on any atom is -0.355 e. The number of carbonyl (C=O) groups is 2. The molecule has 0 aromatic heterocycles. The van der Waals surface area contributed by atoms with E-state index in [1.165, 1.54) is 32.1 Å². The van der Waals surface area contributed by atoms with Crippen LogP contribution in [0.15, 0.2) is 0 Å². The predicted molar refractivity (Wildman–Crippen MR) is 75.8 cm³/mol. The van der Waals surface area contributed by atoms with Gasteiger partial charge in [0.15, 0.2) is 0 Å². The zero-order valence-corrected chi connectivity index (χ0v) is 12.0. The van der Waals surface area contributed by atoms with E-state index in [0.717, 1.165) is 12.8 Å². The molecule has 0 spiro atoms. The molecule has 0 atom stereocenters. The first-order valence-electron chi connectivity index (χ1n) is 7.49. The number of rotatable bonds is 6. The third kappa shape index (κ3) is 7.82. The van der Waals surface area contributed by atoms with Gasteiger partial charge in [0.05, 0.1) is 13.1 Å². The maximum absolute atomic E-state index is 11.6. The first-order valence-corrected chi connectivity index (χ1v) is 7.49. The first kappa shape index (κ1) is 16.0. The van der Waals surface area contributed by atoms with Gasteiger partial charge in [-0.3, -0.25) is 9.59 Å². The molecule has 1 aliphatic rings. The lowest BCUT2D eigenvalue weighted by molar-refractivity contribution is -0.125. The summed E-state index contributed by atoms with van der Waals surface area (Å²) < 4.78 is 0. The van der Waals surface area contributed by atoms with Crippen LogP contribution in [-0.4, -0.2) is 37.5 Å². The second-order valence-electron chi connectivity index (χ2n) is 5.15. The number of nitrogens with one attached hydrogen (secondary N) is 3. The fraction of sp³-hybridized carbons (Fsp3) is 0.857. The van der Waals surface area contributed by atoms with Crippen LogP contribution >= 0.6 is 0 Å². The van der Waals surface area contributed by atoms with Crippen LogP contribution in [0.2, 0.25) is 0 Å². The molecule has 0 heterocycles. The average molecular weight is 269 g/mol. The fourth-order valence-corrected chi connectivity index (χ4v) is 2.40. The second kappa shape index (κ2) is 9.78. The molecule has 1 aliphatic carbocycles. The molecule has 5 heteroatoms. The maximum Gasteiger partial charge on any atom is 0.239 e. The minimum atomic E-state index is -0.137. The third-order valence-corrected chi connectivity index (χ3v) is 3.48. The number of amides is 2. The van der Waals surface area contributed by atoms with Crippen molar-refractivity contribution >= 4 is 11.8 Å². The highest BCUT2D eigenvalue weighted by Gasteiger charge is 2.12. The van der Waals surface area contributed by atoms with Crippen molar-refractivity contribution in [1.82, 2.24) is 16.0 Å². The van der Waals surface area contributed by atoms with Gasteiger partial charge in [0.25, 0.3) is 0 Å². The standard InChI is InChI=1S/C14H27N3O2/c1-2-15-13(18)11-17-14(19)10-16-12-8-6-4-3-5-7-9-12/h12,16H,2-11H2,1H3,(H,15,18)(H,17,19). The number of hydrogen-bond acceptors (Lipinski definition) is 3. The fourth-order valence-electron chi connectivity index (χ4n) is 2.40. The Labute approximate surface area is 115 Å². The SMILES string of the molecule is CCNC(=O)CNC(=O)CNC1CCCCCCC1. The monoisotopic (exact) mass is 269 g/mol. The summed E-state index contributed by atoms with van der Waals surface area (Å²) in [5, 5.41) is 8.57. The van der Waals surface area contributed by atoms with E-state index in [9.17, 15) is 9.59 Å². The lowest BCUT2D eigenvalue weighted by Gasteiger charge is -2.20. The van der Waals surface area contributed by atoms with Crippen LogP contribution in [-0.2, 0) is 9.59 Å². The average Bonchev–Trinajstić information content (AvgIpc) is 2.35. The summed E-state index contributed by atoms with van der Waals surface area (Å²) in [4.78, 5) is 22.8. The molecule has 0 radical (unpaired) electrons. The number of likely N-dealkylation sites (N-methyl/N-ethyl adjacent to an activating group) is 1. The molecule has 0 aliphatic heterocycles. The molecule has 0 saturated heterocycles. The molecule has 0 aromatic carbocycles. The summed E-state index contributed by atoms with van der Waals surface area (Å²) >= 11 is 0. The van der Waals surface area contributed by atoms with Crippen LogP contribution in [0.3, 0.4) is 0 Å². The Kier molecular flexibility index (Phi) is 8.21. The van der Waals surface area contributed by atoms with Crippen molar-refractivity contribution in [2.75, 3.05) is 19.6 Å². The van der Waals surface area contributed by atoms with E-state index in [-0.39, 0.29) is 18.4 Å². The Morgan fingerprint density at radius 3 is 2.11 bits per heavy atom. The van der Waals surface area contributed by atoms with Gasteiger partial charge in [0.1, 0.15) is 0 Å². The van der Waals surface area contributed by atoms with Crippen LogP contribution in [0.4, 0.5) is 0 Å². The smallest absolute Gasteiger partial charge is 0.239 e. The van der Waals surface area contributed by atoms with Crippen LogP contribution in [0.1, 0.15) is 51.9 Å². The second-order valence-corrected chi connectivity index (χ2v) is 5.15. The molecular formula is C14H27N3O2. The normalized spacial score (nSPS) is 17.3. The summed E-state index contributed by atoms with van der Waals surface area (Å²) in [5.74, 6) is -0.241. The van der Waals surface area contributed by atoms with Gasteiger partial charge < -0.3 is 16.0 Å². The molecule has 1 fully saturated rings. The lowest BCUT2D eigenvalue weighted by Crippen LogP contribution is -2.43. The van der Waals surface area contributed by atoms with E-state index >= 15 is 0 Å². The Morgan fingerprint density at radius 2 is 1.47 bits per heavy atom. The highest BCUT2D eigenvalue weighted by molar-refractivity contribution is 5.85. The molecule has 0 unspecified atom stereocenters. The van der Waals surface area contributed by atoms with Crippen molar-refractivity contribution in [2.45, 2.75) is 57.9 Å². The van der Waals surface area contributed by atoms with E-state index in [1.807, 2.05) is 6.92 Å². The predicted octanol–water partition coefficient (Wildman–Crippen LogP) is 0.941. The van der Waals surface area contributed by atoms with Crippen LogP contribution in [0.5, 0.6) is 0 Å². The van der Waals surface area contributed by atoms with Gasteiger partial charge in [-0.2, -0.15) is 0 Å². The molecule has 110 valence electrons. The van der Waals surface area contributed by atoms with Gasteiger partial charge >= 0.3 is 0 Å². The van der Waals surface area contributed by atoms with Gasteiger partial charge in [0.2, 0.25) is 11.8 Å². The summed E-state index contributed by atoms with van der Waals surface area (Å²) in [6.07, 6.45) is 8.77. The summed E-state index contributed by atoms with van der Waals surface area (Å²) in [6, 6.07) is 0.454. The van der Waals surface area contributed by atoms with Crippen molar-refractivity contribution < 1.29 is 9.59 Å². The van der Waals surface area contributed by atoms with Gasteiger partial charge in [-0.15, -0.1) is 0 Å². The van der Waals surface area contributed by atoms with Crippen molar-refractivity contribution in [1.29, 1.82) is 0 Å². The highest BCUT2D eigenvalue weighted by atomic mass is 16.2. The van der Waals surface area contributed by atoms with Crippen molar-refractivity contribution in [3.63, 3.8) is 0 Å². The number of carbonyl (C=O) groups excluding carboxylic acids is 2. The van der Waals surface area contributed by atoms with Crippen LogP contribution in [0, 0.1) is 0 Å². The van der Waals surface area contributed by atoms with Crippen molar-refractivity contribution in [2.24, 2.45) is 0 Å². The number of hydrogen-bond donors (Lipinski definition) is 3. The minimum absolute atomic E-state index is 0.0685. The van der Waals surface area contributed by atoms with Gasteiger partial charge in [-0.25, -0.2) is 0 Å². The molecule has 3 N–H and O–H groups in total. The highest BCUT2D eigenvalue weighted by Crippen LogP contribution is 2.16. The third-order valence-electron chi connectivity index (χ3n) is 3.48. The molecule has 0 bridgehead atoms. The largest absolute Gasteiger partial charge is 0.355 e. The van der Waals surface area contributed by atoms with Crippen molar-refractivity contribution in [3.8, 4) is 0 Å². The molecule has 0 aromatic rings. The zero-order valence-electron chi connectivity index (χ0n) is 12.0.